The highest BCUT2D eigenvalue weighted by molar-refractivity contribution is 14.1. The van der Waals surface area contributed by atoms with Crippen molar-refractivity contribution in [2.24, 2.45) is 0 Å². The maximum Gasteiger partial charge on any atom is 0.340 e. The molecule has 6 nitrogen and oxygen atoms in total. The van der Waals surface area contributed by atoms with Crippen LogP contribution in [0, 0.1) is 7.14 Å². The van der Waals surface area contributed by atoms with E-state index < -0.39 is 25.1 Å². The van der Waals surface area contributed by atoms with Crippen molar-refractivity contribution in [3.63, 3.8) is 0 Å². The molecule has 0 fully saturated rings. The Bertz CT molecular complexity index is 922. The first-order valence-electron chi connectivity index (χ1n) is 5.56. The van der Waals surface area contributed by atoms with E-state index in [4.69, 9.17) is 4.18 Å². The molecule has 0 amide bonds. The zero-order valence-electron chi connectivity index (χ0n) is 10.6. The number of hydrogen-bond donors (Lipinski definition) is 0. The van der Waals surface area contributed by atoms with Crippen molar-refractivity contribution >= 4 is 65.4 Å². The second kappa shape index (κ2) is 6.59. The Morgan fingerprint density at radius 1 is 0.909 bits per heavy atom. The van der Waals surface area contributed by atoms with Crippen LogP contribution in [-0.4, -0.2) is 21.4 Å². The molecule has 2 rings (SSSR count). The van der Waals surface area contributed by atoms with Gasteiger partial charge in [0.15, 0.2) is 5.75 Å². The predicted molar refractivity (Wildman–Crippen MR) is 94.1 cm³/mol. The average Bonchev–Trinajstić information content (AvgIpc) is 2.40. The molecule has 2 aromatic carbocycles. The number of benzene rings is 2. The number of hydrogen-bond acceptors (Lipinski definition) is 6. The van der Waals surface area contributed by atoms with Crippen molar-refractivity contribution in [3.8, 4) is 5.75 Å². The van der Waals surface area contributed by atoms with E-state index in [0.29, 0.717) is 3.57 Å². The van der Waals surface area contributed by atoms with Crippen molar-refractivity contribution < 1.29 is 25.6 Å². The minimum Gasteiger partial charge on any atom is -0.744 e. The van der Waals surface area contributed by atoms with Crippen molar-refractivity contribution in [1.82, 2.24) is 0 Å². The topological polar surface area (TPSA) is 101 Å². The molecule has 0 atom stereocenters. The van der Waals surface area contributed by atoms with E-state index in [9.17, 15) is 21.4 Å². The average molecular weight is 565 g/mol. The van der Waals surface area contributed by atoms with Crippen LogP contribution in [0.1, 0.15) is 0 Å². The Labute approximate surface area is 155 Å². The number of rotatable bonds is 4. The Kier molecular flexibility index (Phi) is 5.36. The maximum absolute atomic E-state index is 12.2. The van der Waals surface area contributed by atoms with Gasteiger partial charge in [0.05, 0.1) is 8.47 Å². The van der Waals surface area contributed by atoms with Gasteiger partial charge in [0.2, 0.25) is 0 Å². The molecule has 0 saturated carbocycles. The zero-order chi connectivity index (χ0) is 16.5. The van der Waals surface area contributed by atoms with Crippen LogP contribution in [0.25, 0.3) is 0 Å². The standard InChI is InChI=1S/C12H8I2O6S2/c13-9-3-1-2-4-12(9)22(18,19)20-11-6-5-8(7-10(11)14)21(15,16)17/h1-7H,(H,15,16,17)/p-1. The van der Waals surface area contributed by atoms with Crippen molar-refractivity contribution in [3.05, 3.63) is 49.6 Å². The summed E-state index contributed by atoms with van der Waals surface area (Å²) < 4.78 is 63.0. The second-order valence-electron chi connectivity index (χ2n) is 4.01. The van der Waals surface area contributed by atoms with Gasteiger partial charge in [-0.1, -0.05) is 12.1 Å². The lowest BCUT2D eigenvalue weighted by molar-refractivity contribution is 0.462. The molecule has 2 aromatic rings. The summed E-state index contributed by atoms with van der Waals surface area (Å²) in [5, 5.41) is 0. The molecule has 0 aromatic heterocycles. The van der Waals surface area contributed by atoms with Crippen LogP contribution in [-0.2, 0) is 20.2 Å². The van der Waals surface area contributed by atoms with Crippen molar-refractivity contribution in [2.45, 2.75) is 9.79 Å². The second-order valence-corrected chi connectivity index (χ2v) is 9.23. The molecule has 0 heterocycles. The molecule has 0 aliphatic rings. The highest BCUT2D eigenvalue weighted by Crippen LogP contribution is 2.28. The van der Waals surface area contributed by atoms with E-state index in [0.717, 1.165) is 18.2 Å². The maximum atomic E-state index is 12.2. The molecule has 22 heavy (non-hydrogen) atoms. The Hall–Kier alpha value is -0.440. The summed E-state index contributed by atoms with van der Waals surface area (Å²) in [5.41, 5.74) is 0. The minimum absolute atomic E-state index is 0.00641. The van der Waals surface area contributed by atoms with Gasteiger partial charge in [0.1, 0.15) is 15.0 Å². The fraction of sp³-hybridized carbons (Fsp3) is 0. The van der Waals surface area contributed by atoms with Gasteiger partial charge in [-0.15, -0.1) is 0 Å². The summed E-state index contributed by atoms with van der Waals surface area (Å²) in [6, 6.07) is 9.49. The van der Waals surface area contributed by atoms with Crippen molar-refractivity contribution in [1.29, 1.82) is 0 Å². The highest BCUT2D eigenvalue weighted by atomic mass is 127. The van der Waals surface area contributed by atoms with Crippen molar-refractivity contribution in [2.75, 3.05) is 0 Å². The third kappa shape index (κ3) is 4.10. The van der Waals surface area contributed by atoms with Gasteiger partial charge in [-0.3, -0.25) is 0 Å². The SMILES string of the molecule is O=S(=O)([O-])c1ccc(OS(=O)(=O)c2ccccc2I)c(I)c1. The third-order valence-corrected chi connectivity index (χ3v) is 6.77. The first-order valence-corrected chi connectivity index (χ1v) is 10.5. The molecule has 0 radical (unpaired) electrons. The lowest BCUT2D eigenvalue weighted by atomic mass is 10.3. The van der Waals surface area contributed by atoms with E-state index >= 15 is 0 Å². The van der Waals surface area contributed by atoms with E-state index in [1.54, 1.807) is 40.8 Å². The first-order chi connectivity index (χ1) is 10.1. The molecule has 0 saturated heterocycles. The Morgan fingerprint density at radius 3 is 2.09 bits per heavy atom. The van der Waals surface area contributed by atoms with Crippen LogP contribution in [0.3, 0.4) is 0 Å². The summed E-state index contributed by atoms with van der Waals surface area (Å²) in [6.45, 7) is 0. The fourth-order valence-electron chi connectivity index (χ4n) is 1.52. The molecule has 0 unspecified atom stereocenters. The zero-order valence-corrected chi connectivity index (χ0v) is 16.5. The van der Waals surface area contributed by atoms with Crippen LogP contribution in [0.15, 0.2) is 52.3 Å². The molecule has 0 N–H and O–H groups in total. The van der Waals surface area contributed by atoms with Gasteiger partial charge in [-0.05, 0) is 75.5 Å². The predicted octanol–water partition coefficient (Wildman–Crippen LogP) is 2.57. The lowest BCUT2D eigenvalue weighted by Crippen LogP contribution is -2.12. The molecule has 0 aliphatic heterocycles. The normalized spacial score (nSPS) is 12.1. The minimum atomic E-state index is -4.61. The van der Waals surface area contributed by atoms with Crippen LogP contribution in [0.2, 0.25) is 0 Å². The summed E-state index contributed by atoms with van der Waals surface area (Å²) in [5.74, 6) is -0.0485. The van der Waals surface area contributed by atoms with E-state index in [1.807, 2.05) is 22.6 Å². The van der Waals surface area contributed by atoms with Gasteiger partial charge in [-0.25, -0.2) is 8.42 Å². The van der Waals surface area contributed by atoms with Crippen LogP contribution in [0.4, 0.5) is 0 Å². The van der Waals surface area contributed by atoms with E-state index in [-0.39, 0.29) is 14.2 Å². The largest absolute Gasteiger partial charge is 0.744 e. The molecule has 118 valence electrons. The molecular weight excluding hydrogens is 558 g/mol. The van der Waals surface area contributed by atoms with Gasteiger partial charge in [0.25, 0.3) is 0 Å². The van der Waals surface area contributed by atoms with Gasteiger partial charge >= 0.3 is 10.1 Å². The van der Waals surface area contributed by atoms with Crippen LogP contribution in [0.5, 0.6) is 5.75 Å². The van der Waals surface area contributed by atoms with Crippen LogP contribution >= 0.6 is 45.2 Å². The van der Waals surface area contributed by atoms with Gasteiger partial charge < -0.3 is 8.74 Å². The van der Waals surface area contributed by atoms with E-state index in [1.165, 1.54) is 6.07 Å². The molecule has 0 spiro atoms. The third-order valence-electron chi connectivity index (χ3n) is 2.50. The van der Waals surface area contributed by atoms with Gasteiger partial charge in [0, 0.05) is 3.57 Å². The summed E-state index contributed by atoms with van der Waals surface area (Å²) >= 11 is 3.57. The smallest absolute Gasteiger partial charge is 0.340 e. The summed E-state index contributed by atoms with van der Waals surface area (Å²) in [4.78, 5) is -0.442. The van der Waals surface area contributed by atoms with Crippen LogP contribution < -0.4 is 4.18 Å². The van der Waals surface area contributed by atoms with Gasteiger partial charge in [-0.2, -0.15) is 8.42 Å². The van der Waals surface area contributed by atoms with E-state index in [2.05, 4.69) is 0 Å². The summed E-state index contributed by atoms with van der Waals surface area (Å²) in [6.07, 6.45) is 0. The monoisotopic (exact) mass is 565 g/mol. The molecular formula is C12H7I2O6S2-. The first kappa shape index (κ1) is 17.9. The quantitative estimate of drug-likeness (QED) is 0.321. The molecule has 0 aliphatic carbocycles. The lowest BCUT2D eigenvalue weighted by Gasteiger charge is -2.12. The Balaban J connectivity index is 2.41. The molecule has 0 bridgehead atoms. The highest BCUT2D eigenvalue weighted by Gasteiger charge is 2.21. The summed E-state index contributed by atoms with van der Waals surface area (Å²) in [7, 11) is -8.66. The molecule has 10 heteroatoms. The number of halogens is 2. The Morgan fingerprint density at radius 2 is 1.55 bits per heavy atom. The fourth-order valence-corrected chi connectivity index (χ4v) is 5.22.